The van der Waals surface area contributed by atoms with Gasteiger partial charge in [-0.1, -0.05) is 52.3 Å². The Morgan fingerprint density at radius 2 is 1.83 bits per heavy atom. The van der Waals surface area contributed by atoms with E-state index < -0.39 is 5.72 Å². The average molecular weight is 460 g/mol. The van der Waals surface area contributed by atoms with Gasteiger partial charge in [0.15, 0.2) is 17.4 Å². The van der Waals surface area contributed by atoms with Crippen LogP contribution in [0.4, 0.5) is 0 Å². The summed E-state index contributed by atoms with van der Waals surface area (Å²) in [4.78, 5) is 7.01. The molecular formula is C23H18BrN5O. The summed E-state index contributed by atoms with van der Waals surface area (Å²) < 4.78 is 9.67. The summed E-state index contributed by atoms with van der Waals surface area (Å²) in [7, 11) is 0. The van der Waals surface area contributed by atoms with E-state index in [1.807, 2.05) is 48.7 Å². The number of hydrogen-bond acceptors (Lipinski definition) is 5. The average Bonchev–Trinajstić information content (AvgIpc) is 3.38. The molecule has 2 aromatic carbocycles. The first kappa shape index (κ1) is 17.9. The molecule has 148 valence electrons. The van der Waals surface area contributed by atoms with E-state index in [2.05, 4.69) is 59.9 Å². The first-order valence-corrected chi connectivity index (χ1v) is 10.7. The molecule has 2 aliphatic heterocycles. The summed E-state index contributed by atoms with van der Waals surface area (Å²) in [5.41, 5.74) is 3.17. The van der Waals surface area contributed by atoms with Crippen LogP contribution in [0.25, 0.3) is 17.1 Å². The third-order valence-electron chi connectivity index (χ3n) is 5.79. The van der Waals surface area contributed by atoms with Crippen LogP contribution in [0.2, 0.25) is 0 Å². The first-order valence-electron chi connectivity index (χ1n) is 9.88. The van der Waals surface area contributed by atoms with E-state index in [1.165, 1.54) is 0 Å². The SMILES string of the molecule is Brc1ccc2c(c1)C1(c3ccccn3)OCCN1Cc1nnc(-c3ccccc3)n1-2. The van der Waals surface area contributed by atoms with Crippen molar-refractivity contribution in [3.05, 3.63) is 94.5 Å². The summed E-state index contributed by atoms with van der Waals surface area (Å²) in [5, 5.41) is 9.14. The van der Waals surface area contributed by atoms with Crippen molar-refractivity contribution in [2.75, 3.05) is 13.2 Å². The maximum absolute atomic E-state index is 6.52. The third kappa shape index (κ3) is 2.52. The Bertz CT molecular complexity index is 1230. The summed E-state index contributed by atoms with van der Waals surface area (Å²) in [5.74, 6) is 1.72. The topological polar surface area (TPSA) is 56.1 Å². The third-order valence-corrected chi connectivity index (χ3v) is 6.28. The molecule has 0 N–H and O–H groups in total. The Kier molecular flexibility index (Phi) is 4.09. The van der Waals surface area contributed by atoms with E-state index in [-0.39, 0.29) is 0 Å². The van der Waals surface area contributed by atoms with E-state index in [0.29, 0.717) is 13.2 Å². The van der Waals surface area contributed by atoms with Gasteiger partial charge in [0, 0.05) is 28.3 Å². The molecule has 0 radical (unpaired) electrons. The standard InChI is InChI=1S/C23H18BrN5O/c24-17-9-10-19-18(14-17)23(20-8-4-5-11-25-20)28(12-13-30-23)15-21-26-27-22(29(19)21)16-6-2-1-3-7-16/h1-11,14H,12-13,15H2. The highest BCUT2D eigenvalue weighted by Crippen LogP contribution is 2.46. The molecular weight excluding hydrogens is 442 g/mol. The molecule has 30 heavy (non-hydrogen) atoms. The number of rotatable bonds is 2. The highest BCUT2D eigenvalue weighted by atomic mass is 79.9. The number of aromatic nitrogens is 4. The van der Waals surface area contributed by atoms with Crippen LogP contribution in [0.5, 0.6) is 0 Å². The largest absolute Gasteiger partial charge is 0.349 e. The second-order valence-corrected chi connectivity index (χ2v) is 8.35. The number of ether oxygens (including phenoxy) is 1. The first-order chi connectivity index (χ1) is 14.8. The zero-order valence-electron chi connectivity index (χ0n) is 16.1. The molecule has 0 amide bonds. The fraction of sp³-hybridized carbons (Fsp3) is 0.174. The van der Waals surface area contributed by atoms with Gasteiger partial charge in [-0.25, -0.2) is 0 Å². The summed E-state index contributed by atoms with van der Waals surface area (Å²) in [6.45, 7) is 2.03. The number of benzene rings is 2. The van der Waals surface area contributed by atoms with Crippen molar-refractivity contribution in [3.8, 4) is 17.1 Å². The van der Waals surface area contributed by atoms with Gasteiger partial charge in [-0.05, 0) is 30.3 Å². The van der Waals surface area contributed by atoms with Crippen LogP contribution in [0.3, 0.4) is 0 Å². The van der Waals surface area contributed by atoms with Crippen molar-refractivity contribution in [1.82, 2.24) is 24.6 Å². The molecule has 1 unspecified atom stereocenters. The van der Waals surface area contributed by atoms with E-state index in [4.69, 9.17) is 9.72 Å². The second-order valence-electron chi connectivity index (χ2n) is 7.43. The van der Waals surface area contributed by atoms with Gasteiger partial charge in [-0.3, -0.25) is 14.5 Å². The van der Waals surface area contributed by atoms with Gasteiger partial charge in [0.25, 0.3) is 0 Å². The molecule has 0 bridgehead atoms. The van der Waals surface area contributed by atoms with Gasteiger partial charge in [-0.2, -0.15) is 0 Å². The van der Waals surface area contributed by atoms with Crippen molar-refractivity contribution in [3.63, 3.8) is 0 Å². The van der Waals surface area contributed by atoms with E-state index >= 15 is 0 Å². The Balaban J connectivity index is 1.67. The Labute approximate surface area is 182 Å². The smallest absolute Gasteiger partial charge is 0.193 e. The number of hydrogen-bond donors (Lipinski definition) is 0. The second kappa shape index (κ2) is 6.84. The molecule has 1 saturated heterocycles. The molecule has 2 aromatic heterocycles. The van der Waals surface area contributed by atoms with E-state index in [1.54, 1.807) is 0 Å². The quantitative estimate of drug-likeness (QED) is 0.450. The van der Waals surface area contributed by atoms with Crippen molar-refractivity contribution >= 4 is 15.9 Å². The lowest BCUT2D eigenvalue weighted by atomic mass is 9.95. The lowest BCUT2D eigenvalue weighted by Crippen LogP contribution is -2.43. The minimum atomic E-state index is -0.769. The van der Waals surface area contributed by atoms with Gasteiger partial charge in [0.05, 0.1) is 24.5 Å². The maximum atomic E-state index is 6.52. The number of pyridine rings is 1. The molecule has 0 aliphatic carbocycles. The number of halogens is 1. The fourth-order valence-corrected chi connectivity index (χ4v) is 4.88. The summed E-state index contributed by atoms with van der Waals surface area (Å²) >= 11 is 3.67. The molecule has 6 rings (SSSR count). The number of nitrogens with zero attached hydrogens (tertiary/aromatic N) is 5. The Morgan fingerprint density at radius 3 is 2.67 bits per heavy atom. The fourth-order valence-electron chi connectivity index (χ4n) is 4.52. The molecule has 1 fully saturated rings. The number of fused-ring (bicyclic) bond motifs is 5. The normalized spacial score (nSPS) is 20.3. The van der Waals surface area contributed by atoms with Crippen LogP contribution in [-0.2, 0) is 17.0 Å². The molecule has 4 heterocycles. The predicted octanol–water partition coefficient (Wildman–Crippen LogP) is 4.14. The maximum Gasteiger partial charge on any atom is 0.193 e. The van der Waals surface area contributed by atoms with Crippen LogP contribution in [0.15, 0.2) is 77.4 Å². The van der Waals surface area contributed by atoms with Crippen molar-refractivity contribution in [1.29, 1.82) is 0 Å². The summed E-state index contributed by atoms with van der Waals surface area (Å²) in [6.07, 6.45) is 1.82. The van der Waals surface area contributed by atoms with Crippen LogP contribution in [-0.4, -0.2) is 37.8 Å². The van der Waals surface area contributed by atoms with Gasteiger partial charge in [0.2, 0.25) is 0 Å². The molecule has 1 atom stereocenters. The zero-order chi connectivity index (χ0) is 20.1. The van der Waals surface area contributed by atoms with Crippen LogP contribution in [0, 0.1) is 0 Å². The van der Waals surface area contributed by atoms with Crippen LogP contribution < -0.4 is 0 Å². The van der Waals surface area contributed by atoms with E-state index in [0.717, 1.165) is 45.2 Å². The Morgan fingerprint density at radius 1 is 0.967 bits per heavy atom. The molecule has 7 heteroatoms. The molecule has 2 aliphatic rings. The molecule has 6 nitrogen and oxygen atoms in total. The van der Waals surface area contributed by atoms with Gasteiger partial charge < -0.3 is 4.74 Å². The van der Waals surface area contributed by atoms with Gasteiger partial charge in [-0.15, -0.1) is 10.2 Å². The minimum absolute atomic E-state index is 0.614. The predicted molar refractivity (Wildman–Crippen MR) is 116 cm³/mol. The van der Waals surface area contributed by atoms with Crippen molar-refractivity contribution < 1.29 is 4.74 Å². The van der Waals surface area contributed by atoms with Gasteiger partial charge >= 0.3 is 0 Å². The highest BCUT2D eigenvalue weighted by molar-refractivity contribution is 9.10. The zero-order valence-corrected chi connectivity index (χ0v) is 17.7. The molecule has 4 aromatic rings. The van der Waals surface area contributed by atoms with Gasteiger partial charge in [0.1, 0.15) is 0 Å². The molecule has 0 saturated carbocycles. The monoisotopic (exact) mass is 459 g/mol. The van der Waals surface area contributed by atoms with E-state index in [9.17, 15) is 0 Å². The van der Waals surface area contributed by atoms with Crippen LogP contribution >= 0.6 is 15.9 Å². The van der Waals surface area contributed by atoms with Crippen molar-refractivity contribution in [2.45, 2.75) is 12.3 Å². The molecule has 0 spiro atoms. The minimum Gasteiger partial charge on any atom is -0.349 e. The highest BCUT2D eigenvalue weighted by Gasteiger charge is 2.50. The lowest BCUT2D eigenvalue weighted by molar-refractivity contribution is -0.0586. The van der Waals surface area contributed by atoms with Crippen molar-refractivity contribution in [2.24, 2.45) is 0 Å². The summed E-state index contributed by atoms with van der Waals surface area (Å²) in [6, 6.07) is 22.4. The lowest BCUT2D eigenvalue weighted by Gasteiger charge is -2.36. The van der Waals surface area contributed by atoms with Crippen LogP contribution in [0.1, 0.15) is 17.1 Å². The Hall–Kier alpha value is -2.87.